The van der Waals surface area contributed by atoms with Crippen molar-refractivity contribution in [1.82, 2.24) is 15.4 Å². The smallest absolute Gasteiger partial charge is 0.461 e. The molecule has 0 unspecified atom stereocenters. The van der Waals surface area contributed by atoms with Crippen LogP contribution in [0.25, 0.3) is 11.3 Å². The minimum absolute atomic E-state index is 0.0324. The number of carbonyl (C=O) groups is 1. The molecule has 0 saturated heterocycles. The van der Waals surface area contributed by atoms with Gasteiger partial charge in [0.15, 0.2) is 5.69 Å². The first kappa shape index (κ1) is 15.0. The van der Waals surface area contributed by atoms with Crippen molar-refractivity contribution >= 4 is 18.4 Å². The van der Waals surface area contributed by atoms with Crippen molar-refractivity contribution in [2.45, 2.75) is 6.92 Å². The maximum atomic E-state index is 13.1. The third kappa shape index (κ3) is 3.04. The molecule has 0 bridgehead atoms. The van der Waals surface area contributed by atoms with Crippen LogP contribution in [0.2, 0.25) is 0 Å². The zero-order chi connectivity index (χ0) is 15.6. The first-order valence-electron chi connectivity index (χ1n) is 5.92. The Morgan fingerprint density at radius 2 is 2.05 bits per heavy atom. The van der Waals surface area contributed by atoms with E-state index >= 15 is 0 Å². The van der Waals surface area contributed by atoms with Crippen LogP contribution in [-0.4, -0.2) is 35.0 Å². The molecular formula is C11H9BF4N3O2-. The van der Waals surface area contributed by atoms with Crippen LogP contribution in [0.5, 0.6) is 0 Å². The fourth-order valence-electron chi connectivity index (χ4n) is 1.78. The van der Waals surface area contributed by atoms with E-state index in [1.165, 1.54) is 0 Å². The highest BCUT2D eigenvalue weighted by atomic mass is 19.4. The molecule has 0 amide bonds. The van der Waals surface area contributed by atoms with E-state index in [4.69, 9.17) is 0 Å². The van der Waals surface area contributed by atoms with Gasteiger partial charge >= 0.3 is 12.9 Å². The van der Waals surface area contributed by atoms with Gasteiger partial charge in [0.05, 0.1) is 6.61 Å². The van der Waals surface area contributed by atoms with Crippen LogP contribution in [-0.2, 0) is 4.74 Å². The fraction of sp³-hybridized carbons (Fsp3) is 0.182. The van der Waals surface area contributed by atoms with Gasteiger partial charge in [0, 0.05) is 0 Å². The highest BCUT2D eigenvalue weighted by Crippen LogP contribution is 2.23. The van der Waals surface area contributed by atoms with Gasteiger partial charge in [-0.3, -0.25) is 0 Å². The number of hydrogen-bond donors (Lipinski definition) is 1. The van der Waals surface area contributed by atoms with Crippen LogP contribution in [0, 0.1) is 5.82 Å². The van der Waals surface area contributed by atoms with Crippen LogP contribution >= 0.6 is 0 Å². The summed E-state index contributed by atoms with van der Waals surface area (Å²) in [4.78, 5) is 11.6. The molecule has 10 heteroatoms. The summed E-state index contributed by atoms with van der Waals surface area (Å²) in [6, 6.07) is 2.11. The summed E-state index contributed by atoms with van der Waals surface area (Å²) < 4.78 is 56.8. The number of carbonyl (C=O) groups excluding carboxylic acids is 1. The summed E-state index contributed by atoms with van der Waals surface area (Å²) in [7, 11) is 0. The Balaban J connectivity index is 2.58. The number of nitrogens with zero attached hydrogens (tertiary/aromatic N) is 2. The average molecular weight is 302 g/mol. The molecule has 5 nitrogen and oxygen atoms in total. The maximum absolute atomic E-state index is 13.1. The molecule has 1 N–H and O–H groups in total. The summed E-state index contributed by atoms with van der Waals surface area (Å²) in [6.45, 7) is -3.91. The van der Waals surface area contributed by atoms with Crippen molar-refractivity contribution in [2.75, 3.05) is 6.61 Å². The van der Waals surface area contributed by atoms with Crippen molar-refractivity contribution in [3.8, 4) is 11.3 Å². The third-order valence-electron chi connectivity index (χ3n) is 2.64. The molecule has 1 aromatic carbocycles. The summed E-state index contributed by atoms with van der Waals surface area (Å²) in [5, 5.41) is 9.11. The topological polar surface area (TPSA) is 67.9 Å². The molecule has 1 heterocycles. The fourth-order valence-corrected chi connectivity index (χ4v) is 1.78. The summed E-state index contributed by atoms with van der Waals surface area (Å²) in [5.74, 6) is -1.94. The van der Waals surface area contributed by atoms with Crippen molar-refractivity contribution in [3.63, 3.8) is 0 Å². The lowest BCUT2D eigenvalue weighted by atomic mass is 9.76. The second-order valence-corrected chi connectivity index (χ2v) is 4.05. The van der Waals surface area contributed by atoms with Gasteiger partial charge in [0.25, 0.3) is 0 Å². The highest BCUT2D eigenvalue weighted by molar-refractivity contribution is 6.75. The summed E-state index contributed by atoms with van der Waals surface area (Å²) in [6.07, 6.45) is 0. The lowest BCUT2D eigenvalue weighted by Crippen LogP contribution is -2.36. The summed E-state index contributed by atoms with van der Waals surface area (Å²) >= 11 is 0. The van der Waals surface area contributed by atoms with E-state index in [1.54, 1.807) is 6.92 Å². The van der Waals surface area contributed by atoms with E-state index in [2.05, 4.69) is 20.1 Å². The second kappa shape index (κ2) is 5.54. The molecule has 0 aliphatic carbocycles. The van der Waals surface area contributed by atoms with E-state index in [0.29, 0.717) is 6.07 Å². The number of hydrogen-bond acceptors (Lipinski definition) is 4. The molecule has 0 aliphatic heterocycles. The van der Waals surface area contributed by atoms with Gasteiger partial charge in [-0.15, -0.1) is 5.10 Å². The molecule has 1 aromatic heterocycles. The average Bonchev–Trinajstić information content (AvgIpc) is 2.87. The largest absolute Gasteiger partial charge is 0.510 e. The van der Waals surface area contributed by atoms with Crippen LogP contribution in [0.1, 0.15) is 17.4 Å². The van der Waals surface area contributed by atoms with Gasteiger partial charge in [-0.25, -0.2) is 9.18 Å². The van der Waals surface area contributed by atoms with Gasteiger partial charge in [0.2, 0.25) is 0 Å². The Bertz CT molecular complexity index is 672. The minimum Gasteiger partial charge on any atom is -0.461 e. The number of H-pyrrole nitrogens is 1. The van der Waals surface area contributed by atoms with Crippen LogP contribution in [0.4, 0.5) is 17.3 Å². The van der Waals surface area contributed by atoms with Crippen molar-refractivity contribution in [2.24, 2.45) is 0 Å². The Morgan fingerprint density at radius 1 is 1.33 bits per heavy atom. The molecule has 0 spiro atoms. The van der Waals surface area contributed by atoms with E-state index in [1.807, 2.05) is 0 Å². The standard InChI is InChI=1S/C11H9BF4N3O2/c1-2-21-11(20)10-9(17-19-18-10)7-4-3-6(13)5-8(7)12(14,15)16/h3-5H,2H2,1H3,(H,17,18,19)/q-1. The quantitative estimate of drug-likeness (QED) is 0.531. The van der Waals surface area contributed by atoms with Crippen LogP contribution < -0.4 is 5.46 Å². The number of ether oxygens (including phenoxy) is 1. The molecule has 21 heavy (non-hydrogen) atoms. The molecular weight excluding hydrogens is 293 g/mol. The number of benzene rings is 1. The van der Waals surface area contributed by atoms with E-state index in [9.17, 15) is 22.1 Å². The Morgan fingerprint density at radius 3 is 2.67 bits per heavy atom. The normalized spacial score (nSPS) is 11.5. The molecule has 0 radical (unpaired) electrons. The maximum Gasteiger partial charge on any atom is 0.510 e. The molecule has 0 fully saturated rings. The number of aromatic nitrogens is 3. The van der Waals surface area contributed by atoms with Crippen molar-refractivity contribution < 1.29 is 26.9 Å². The highest BCUT2D eigenvalue weighted by Gasteiger charge is 2.31. The first-order valence-corrected chi connectivity index (χ1v) is 5.92. The SMILES string of the molecule is CCOC(=O)c1n[nH]nc1-c1ccc(F)cc1[B-](F)(F)F. The number of rotatable bonds is 4. The molecule has 0 atom stereocenters. The zero-order valence-corrected chi connectivity index (χ0v) is 10.7. The second-order valence-electron chi connectivity index (χ2n) is 4.05. The predicted molar refractivity (Wildman–Crippen MR) is 66.4 cm³/mol. The Kier molecular flexibility index (Phi) is 3.96. The molecule has 2 rings (SSSR count). The van der Waals surface area contributed by atoms with Crippen LogP contribution in [0.3, 0.4) is 0 Å². The summed E-state index contributed by atoms with van der Waals surface area (Å²) in [5.41, 5.74) is -2.33. The monoisotopic (exact) mass is 302 g/mol. The molecule has 112 valence electrons. The van der Waals surface area contributed by atoms with Gasteiger partial charge in [0.1, 0.15) is 11.5 Å². The number of esters is 1. The number of halogens is 4. The van der Waals surface area contributed by atoms with Crippen molar-refractivity contribution in [1.29, 1.82) is 0 Å². The Labute approximate surface area is 116 Å². The molecule has 0 aliphatic rings. The van der Waals surface area contributed by atoms with Crippen LogP contribution in [0.15, 0.2) is 18.2 Å². The number of nitrogens with one attached hydrogen (secondary N) is 1. The number of aromatic amines is 1. The van der Waals surface area contributed by atoms with E-state index in [-0.39, 0.29) is 18.0 Å². The zero-order valence-electron chi connectivity index (χ0n) is 10.7. The van der Waals surface area contributed by atoms with E-state index in [0.717, 1.165) is 12.1 Å². The van der Waals surface area contributed by atoms with Gasteiger partial charge in [-0.1, -0.05) is 17.6 Å². The first-order chi connectivity index (χ1) is 9.84. The van der Waals surface area contributed by atoms with Gasteiger partial charge in [-0.05, 0) is 18.6 Å². The van der Waals surface area contributed by atoms with Gasteiger partial charge in [-0.2, -0.15) is 10.3 Å². The molecule has 2 aromatic rings. The predicted octanol–water partition coefficient (Wildman–Crippen LogP) is 1.84. The van der Waals surface area contributed by atoms with Crippen molar-refractivity contribution in [3.05, 3.63) is 29.7 Å². The minimum atomic E-state index is -5.48. The third-order valence-corrected chi connectivity index (χ3v) is 2.64. The van der Waals surface area contributed by atoms with Gasteiger partial charge < -0.3 is 17.7 Å². The lowest BCUT2D eigenvalue weighted by molar-refractivity contribution is 0.0520. The Hall–Kier alpha value is -2.39. The van der Waals surface area contributed by atoms with E-state index < -0.39 is 29.8 Å². The lowest BCUT2D eigenvalue weighted by Gasteiger charge is -2.18. The molecule has 0 saturated carbocycles.